The van der Waals surface area contributed by atoms with Crippen molar-refractivity contribution in [3.05, 3.63) is 63.7 Å². The van der Waals surface area contributed by atoms with E-state index in [1.165, 1.54) is 66.6 Å². The van der Waals surface area contributed by atoms with Crippen molar-refractivity contribution in [2.45, 2.75) is 141 Å². The van der Waals surface area contributed by atoms with Gasteiger partial charge in [0.05, 0.1) is 17.4 Å². The van der Waals surface area contributed by atoms with E-state index in [1.54, 1.807) is 12.1 Å². The predicted octanol–water partition coefficient (Wildman–Crippen LogP) is 9.80. The monoisotopic (exact) mass is 549 g/mol. The first-order chi connectivity index (χ1) is 18.3. The molecule has 1 aliphatic heterocycles. The van der Waals surface area contributed by atoms with E-state index < -0.39 is 8.32 Å². The van der Waals surface area contributed by atoms with Crippen molar-refractivity contribution in [3.63, 3.8) is 0 Å². The first kappa shape index (κ1) is 27.6. The number of fused-ring (bicyclic) bond motifs is 4. The lowest BCUT2D eigenvalue weighted by molar-refractivity contribution is -0.0579. The molecule has 2 unspecified atom stereocenters. The minimum atomic E-state index is -2.04. The van der Waals surface area contributed by atoms with Crippen LogP contribution in [-0.2, 0) is 21.2 Å². The Morgan fingerprint density at radius 2 is 1.62 bits per heavy atom. The van der Waals surface area contributed by atoms with Crippen LogP contribution in [0.5, 0.6) is 0 Å². The average molecular weight is 550 g/mol. The Hall–Kier alpha value is -1.56. The van der Waals surface area contributed by atoms with Gasteiger partial charge in [0, 0.05) is 22.7 Å². The lowest BCUT2D eigenvalue weighted by Gasteiger charge is -2.45. The number of aromatic nitrogens is 1. The predicted molar refractivity (Wildman–Crippen MR) is 158 cm³/mol. The van der Waals surface area contributed by atoms with Gasteiger partial charge in [-0.05, 0) is 85.3 Å². The summed E-state index contributed by atoms with van der Waals surface area (Å²) < 4.78 is 28.6. The maximum atomic E-state index is 14.0. The molecule has 2 fully saturated rings. The van der Waals surface area contributed by atoms with Gasteiger partial charge in [-0.1, -0.05) is 72.4 Å². The molecule has 6 rings (SSSR count). The second-order valence-electron chi connectivity index (χ2n) is 15.3. The molecule has 5 heteroatoms. The van der Waals surface area contributed by atoms with Crippen LogP contribution in [0, 0.1) is 11.2 Å². The second-order valence-corrected chi connectivity index (χ2v) is 20.0. The van der Waals surface area contributed by atoms with Gasteiger partial charge in [0.1, 0.15) is 11.9 Å². The number of pyridine rings is 1. The van der Waals surface area contributed by atoms with Gasteiger partial charge in [0.25, 0.3) is 0 Å². The van der Waals surface area contributed by atoms with Crippen LogP contribution in [0.15, 0.2) is 24.3 Å². The molecule has 212 valence electrons. The summed E-state index contributed by atoms with van der Waals surface area (Å²) in [4.78, 5) is 5.63. The molecule has 1 spiro atoms. The summed E-state index contributed by atoms with van der Waals surface area (Å²) in [7, 11) is -2.04. The van der Waals surface area contributed by atoms with Crippen LogP contribution in [0.25, 0.3) is 0 Å². The van der Waals surface area contributed by atoms with Gasteiger partial charge >= 0.3 is 0 Å². The number of benzene rings is 1. The molecule has 2 atom stereocenters. The van der Waals surface area contributed by atoms with Crippen molar-refractivity contribution in [1.29, 1.82) is 0 Å². The maximum absolute atomic E-state index is 14.0. The molecule has 2 aromatic rings. The molecule has 1 aromatic heterocycles. The number of hydrogen-bond acceptors (Lipinski definition) is 3. The second kappa shape index (κ2) is 9.49. The SMILES string of the molecule is CC1(C)Cc2nc(C3CCCC3)c3c(c2C(O[Si](C)(C)C(C)(C)C)C1)C1(CCCC1)OC3c1ccc(F)cc1. The van der Waals surface area contributed by atoms with Gasteiger partial charge in [-0.3, -0.25) is 4.98 Å². The molecule has 0 radical (unpaired) electrons. The van der Waals surface area contributed by atoms with Crippen molar-refractivity contribution < 1.29 is 13.6 Å². The zero-order chi connectivity index (χ0) is 27.8. The highest BCUT2D eigenvalue weighted by Crippen LogP contribution is 2.61. The van der Waals surface area contributed by atoms with E-state index in [0.717, 1.165) is 31.2 Å². The maximum Gasteiger partial charge on any atom is 0.192 e. The Balaban J connectivity index is 1.61. The van der Waals surface area contributed by atoms with Crippen LogP contribution in [0.2, 0.25) is 18.1 Å². The molecule has 0 N–H and O–H groups in total. The van der Waals surface area contributed by atoms with Crippen LogP contribution in [0.1, 0.15) is 144 Å². The van der Waals surface area contributed by atoms with Gasteiger partial charge in [0.2, 0.25) is 0 Å². The summed E-state index contributed by atoms with van der Waals surface area (Å²) in [6.07, 6.45) is 11.3. The van der Waals surface area contributed by atoms with Crippen LogP contribution in [-0.4, -0.2) is 13.3 Å². The number of halogens is 1. The van der Waals surface area contributed by atoms with E-state index in [1.807, 2.05) is 12.1 Å². The normalized spacial score (nSPS) is 26.3. The third-order valence-corrected chi connectivity index (χ3v) is 15.2. The first-order valence-corrected chi connectivity index (χ1v) is 18.4. The molecule has 0 amide bonds. The lowest BCUT2D eigenvalue weighted by Crippen LogP contribution is -2.44. The minimum Gasteiger partial charge on any atom is -0.410 e. The Bertz CT molecular complexity index is 1230. The molecule has 0 bridgehead atoms. The summed E-state index contributed by atoms with van der Waals surface area (Å²) in [6.45, 7) is 16.6. The fourth-order valence-electron chi connectivity index (χ4n) is 7.72. The van der Waals surface area contributed by atoms with Gasteiger partial charge in [-0.2, -0.15) is 0 Å². The number of rotatable bonds is 4. The van der Waals surface area contributed by atoms with Crippen LogP contribution >= 0.6 is 0 Å². The average Bonchev–Trinajstić information content (AvgIpc) is 3.59. The smallest absolute Gasteiger partial charge is 0.192 e. The highest BCUT2D eigenvalue weighted by Gasteiger charge is 2.54. The van der Waals surface area contributed by atoms with E-state index in [-0.39, 0.29) is 34.1 Å². The van der Waals surface area contributed by atoms with Crippen LogP contribution < -0.4 is 0 Å². The fraction of sp³-hybridized carbons (Fsp3) is 0.676. The van der Waals surface area contributed by atoms with Crippen molar-refractivity contribution >= 4 is 8.32 Å². The van der Waals surface area contributed by atoms with E-state index in [2.05, 4.69) is 47.7 Å². The summed E-state index contributed by atoms with van der Waals surface area (Å²) in [5, 5.41) is 0.132. The summed E-state index contributed by atoms with van der Waals surface area (Å²) in [5.41, 5.74) is 7.56. The highest BCUT2D eigenvalue weighted by molar-refractivity contribution is 6.74. The van der Waals surface area contributed by atoms with Gasteiger partial charge in [-0.25, -0.2) is 4.39 Å². The van der Waals surface area contributed by atoms with Gasteiger partial charge < -0.3 is 9.16 Å². The molecular weight excluding hydrogens is 501 g/mol. The molecular formula is C34H48FNO2Si. The van der Waals surface area contributed by atoms with Crippen LogP contribution in [0.4, 0.5) is 4.39 Å². The molecule has 3 nitrogen and oxygen atoms in total. The highest BCUT2D eigenvalue weighted by atomic mass is 28.4. The Kier molecular flexibility index (Phi) is 6.72. The number of ether oxygens (including phenoxy) is 1. The molecule has 3 aliphatic carbocycles. The van der Waals surface area contributed by atoms with Gasteiger partial charge in [0.15, 0.2) is 8.32 Å². The summed E-state index contributed by atoms with van der Waals surface area (Å²) in [6, 6.07) is 7.04. The van der Waals surface area contributed by atoms with Crippen molar-refractivity contribution in [2.24, 2.45) is 5.41 Å². The Morgan fingerprint density at radius 3 is 2.23 bits per heavy atom. The van der Waals surface area contributed by atoms with E-state index in [9.17, 15) is 4.39 Å². The first-order valence-electron chi connectivity index (χ1n) is 15.5. The molecule has 4 aliphatic rings. The van der Waals surface area contributed by atoms with E-state index >= 15 is 0 Å². The molecule has 0 saturated heterocycles. The van der Waals surface area contributed by atoms with E-state index in [4.69, 9.17) is 14.1 Å². The summed E-state index contributed by atoms with van der Waals surface area (Å²) in [5.74, 6) is 0.286. The molecule has 39 heavy (non-hydrogen) atoms. The van der Waals surface area contributed by atoms with Gasteiger partial charge in [-0.15, -0.1) is 0 Å². The standard InChI is InChI=1S/C34H48FNO2Si/c1-32(2,3)39(6,7)38-26-21-33(4,5)20-25-27(26)29-28(30(36-25)22-12-8-9-13-22)31(23-14-16-24(35)17-15-23)37-34(29)18-10-11-19-34/h14-17,22,26,31H,8-13,18-21H2,1-7H3. The van der Waals surface area contributed by atoms with Crippen molar-refractivity contribution in [2.75, 3.05) is 0 Å². The summed E-state index contributed by atoms with van der Waals surface area (Å²) >= 11 is 0. The molecule has 2 saturated carbocycles. The fourth-order valence-corrected chi connectivity index (χ4v) is 8.99. The van der Waals surface area contributed by atoms with E-state index in [0.29, 0.717) is 5.92 Å². The number of nitrogens with zero attached hydrogens (tertiary/aromatic N) is 1. The minimum absolute atomic E-state index is 0.0385. The molecule has 2 heterocycles. The quantitative estimate of drug-likeness (QED) is 0.356. The largest absolute Gasteiger partial charge is 0.410 e. The number of hydrogen-bond donors (Lipinski definition) is 0. The van der Waals surface area contributed by atoms with Crippen molar-refractivity contribution in [1.82, 2.24) is 4.98 Å². The topological polar surface area (TPSA) is 31.4 Å². The van der Waals surface area contributed by atoms with Crippen molar-refractivity contribution in [3.8, 4) is 0 Å². The lowest BCUT2D eigenvalue weighted by atomic mass is 9.70. The van der Waals surface area contributed by atoms with Crippen LogP contribution in [0.3, 0.4) is 0 Å². The zero-order valence-electron chi connectivity index (χ0n) is 25.3. The Morgan fingerprint density at radius 1 is 0.974 bits per heavy atom. The molecule has 1 aromatic carbocycles. The third kappa shape index (κ3) is 4.74. The third-order valence-electron chi connectivity index (χ3n) is 10.7. The zero-order valence-corrected chi connectivity index (χ0v) is 26.3. The Labute approximate surface area is 236 Å².